The Labute approximate surface area is 105 Å². The second kappa shape index (κ2) is 6.13. The molecule has 0 aliphatic heterocycles. The van der Waals surface area contributed by atoms with Crippen LogP contribution in [0.1, 0.15) is 24.6 Å². The van der Waals surface area contributed by atoms with Gasteiger partial charge in [0.2, 0.25) is 10.0 Å². The first kappa shape index (κ1) is 14.1. The molecule has 0 aliphatic carbocycles. The second-order valence-electron chi connectivity index (χ2n) is 3.56. The molecular formula is C10H15NO4S2. The van der Waals surface area contributed by atoms with Crippen molar-refractivity contribution in [2.45, 2.75) is 30.4 Å². The molecule has 1 aromatic rings. The van der Waals surface area contributed by atoms with Crippen molar-refractivity contribution < 1.29 is 17.9 Å². The average molecular weight is 277 g/mol. The van der Waals surface area contributed by atoms with Crippen molar-refractivity contribution in [3.8, 4) is 0 Å². The predicted octanol–water partition coefficient (Wildman–Crippen LogP) is 1.28. The number of aryl methyl sites for hydroxylation is 1. The highest BCUT2D eigenvalue weighted by molar-refractivity contribution is 7.91. The third-order valence-electron chi connectivity index (χ3n) is 2.04. The molecule has 2 N–H and O–H groups in total. The number of carbonyl (C=O) groups excluding carboxylic acids is 1. The van der Waals surface area contributed by atoms with Gasteiger partial charge in [-0.05, 0) is 31.4 Å². The minimum Gasteiger partial charge on any atom is -0.466 e. The average Bonchev–Trinajstić information content (AvgIpc) is 2.64. The van der Waals surface area contributed by atoms with Crippen molar-refractivity contribution in [2.24, 2.45) is 5.14 Å². The van der Waals surface area contributed by atoms with Gasteiger partial charge in [-0.2, -0.15) is 0 Å². The van der Waals surface area contributed by atoms with Crippen LogP contribution in [-0.2, 0) is 26.0 Å². The Morgan fingerprint density at radius 3 is 2.65 bits per heavy atom. The van der Waals surface area contributed by atoms with Gasteiger partial charge in [-0.1, -0.05) is 0 Å². The lowest BCUT2D eigenvalue weighted by Crippen LogP contribution is -2.09. The molecule has 1 heterocycles. The molecule has 0 aliphatic rings. The van der Waals surface area contributed by atoms with E-state index in [1.165, 1.54) is 24.3 Å². The molecule has 7 heteroatoms. The molecule has 0 fully saturated rings. The molecule has 0 saturated carbocycles. The van der Waals surface area contributed by atoms with Crippen LogP contribution < -0.4 is 5.14 Å². The van der Waals surface area contributed by atoms with Gasteiger partial charge in [-0.15, -0.1) is 11.3 Å². The van der Waals surface area contributed by atoms with Gasteiger partial charge in [0.15, 0.2) is 0 Å². The Balaban J connectivity index is 2.33. The number of rotatable bonds is 6. The van der Waals surface area contributed by atoms with Crippen LogP contribution in [-0.4, -0.2) is 21.0 Å². The zero-order valence-electron chi connectivity index (χ0n) is 9.51. The summed E-state index contributed by atoms with van der Waals surface area (Å²) in [6.45, 7) is 1.78. The highest BCUT2D eigenvalue weighted by atomic mass is 32.2. The van der Waals surface area contributed by atoms with E-state index in [0.29, 0.717) is 6.61 Å². The first-order chi connectivity index (χ1) is 7.89. The number of hydrogen-bond donors (Lipinski definition) is 1. The quantitative estimate of drug-likeness (QED) is 0.627. The summed E-state index contributed by atoms with van der Waals surface area (Å²) in [5.74, 6) is -0.280. The summed E-state index contributed by atoms with van der Waals surface area (Å²) in [7, 11) is -3.58. The molecule has 0 radical (unpaired) electrons. The summed E-state index contributed by atoms with van der Waals surface area (Å²) < 4.78 is 27.0. The number of esters is 1. The maximum Gasteiger partial charge on any atom is 0.302 e. The van der Waals surface area contributed by atoms with E-state index in [1.54, 1.807) is 6.07 Å². The largest absolute Gasteiger partial charge is 0.466 e. The number of primary sulfonamides is 1. The molecule has 0 bridgehead atoms. The van der Waals surface area contributed by atoms with Crippen molar-refractivity contribution in [2.75, 3.05) is 6.61 Å². The first-order valence-electron chi connectivity index (χ1n) is 5.14. The number of ether oxygens (including phenoxy) is 1. The molecule has 0 saturated heterocycles. The summed E-state index contributed by atoms with van der Waals surface area (Å²) in [6.07, 6.45) is 2.38. The summed E-state index contributed by atoms with van der Waals surface area (Å²) >= 11 is 1.18. The lowest BCUT2D eigenvalue weighted by Gasteiger charge is -2.00. The van der Waals surface area contributed by atoms with Crippen LogP contribution in [0.5, 0.6) is 0 Å². The molecule has 0 unspecified atom stereocenters. The van der Waals surface area contributed by atoms with Gasteiger partial charge in [-0.3, -0.25) is 4.79 Å². The zero-order chi connectivity index (χ0) is 12.9. The number of hydrogen-bond acceptors (Lipinski definition) is 5. The summed E-state index contributed by atoms with van der Waals surface area (Å²) in [6, 6.07) is 3.28. The molecule has 0 aromatic carbocycles. The lowest BCUT2D eigenvalue weighted by atomic mass is 10.2. The fourth-order valence-corrected chi connectivity index (χ4v) is 3.08. The smallest absolute Gasteiger partial charge is 0.302 e. The van der Waals surface area contributed by atoms with E-state index in [1.807, 2.05) is 0 Å². The normalized spacial score (nSPS) is 11.4. The van der Waals surface area contributed by atoms with E-state index in [2.05, 4.69) is 0 Å². The van der Waals surface area contributed by atoms with E-state index >= 15 is 0 Å². The SMILES string of the molecule is CC(=O)OCCCCc1ccc(S(N)(=O)=O)s1. The Bertz CT molecular complexity index is 478. The topological polar surface area (TPSA) is 86.5 Å². The fourth-order valence-electron chi connectivity index (χ4n) is 1.26. The van der Waals surface area contributed by atoms with Crippen LogP contribution >= 0.6 is 11.3 Å². The van der Waals surface area contributed by atoms with Crippen LogP contribution in [0.2, 0.25) is 0 Å². The molecule has 96 valence electrons. The minimum absolute atomic E-state index is 0.187. The van der Waals surface area contributed by atoms with Crippen LogP contribution in [0, 0.1) is 0 Å². The van der Waals surface area contributed by atoms with Gasteiger partial charge in [0.05, 0.1) is 6.61 Å². The molecule has 5 nitrogen and oxygen atoms in total. The Hall–Kier alpha value is -0.920. The number of sulfonamides is 1. The Morgan fingerprint density at radius 2 is 2.12 bits per heavy atom. The lowest BCUT2D eigenvalue weighted by molar-refractivity contribution is -0.141. The highest BCUT2D eigenvalue weighted by Gasteiger charge is 2.10. The van der Waals surface area contributed by atoms with Crippen molar-refractivity contribution in [1.29, 1.82) is 0 Å². The van der Waals surface area contributed by atoms with Crippen molar-refractivity contribution in [1.82, 2.24) is 0 Å². The molecule has 1 aromatic heterocycles. The second-order valence-corrected chi connectivity index (χ2v) is 6.52. The van der Waals surface area contributed by atoms with Gasteiger partial charge < -0.3 is 4.74 Å². The third-order valence-corrected chi connectivity index (χ3v) is 4.62. The van der Waals surface area contributed by atoms with Crippen molar-refractivity contribution >= 4 is 27.3 Å². The highest BCUT2D eigenvalue weighted by Crippen LogP contribution is 2.21. The molecule has 17 heavy (non-hydrogen) atoms. The molecule has 0 atom stereocenters. The van der Waals surface area contributed by atoms with Gasteiger partial charge in [-0.25, -0.2) is 13.6 Å². The maximum atomic E-state index is 11.0. The number of unbranched alkanes of at least 4 members (excludes halogenated alkanes) is 1. The Morgan fingerprint density at radius 1 is 1.41 bits per heavy atom. The maximum absolute atomic E-state index is 11.0. The van der Waals surface area contributed by atoms with Gasteiger partial charge >= 0.3 is 5.97 Å². The molecule has 0 amide bonds. The van der Waals surface area contributed by atoms with E-state index in [0.717, 1.165) is 24.1 Å². The third kappa shape index (κ3) is 5.29. The van der Waals surface area contributed by atoms with Gasteiger partial charge in [0.1, 0.15) is 4.21 Å². The van der Waals surface area contributed by atoms with Crippen molar-refractivity contribution in [3.05, 3.63) is 17.0 Å². The predicted molar refractivity (Wildman–Crippen MR) is 65.3 cm³/mol. The molecule has 0 spiro atoms. The number of nitrogens with two attached hydrogens (primary N) is 1. The van der Waals surface area contributed by atoms with Crippen LogP contribution in [0.4, 0.5) is 0 Å². The summed E-state index contributed by atoms with van der Waals surface area (Å²) in [5.41, 5.74) is 0. The summed E-state index contributed by atoms with van der Waals surface area (Å²) in [5, 5.41) is 5.00. The van der Waals surface area contributed by atoms with Crippen LogP contribution in [0.3, 0.4) is 0 Å². The van der Waals surface area contributed by atoms with E-state index in [4.69, 9.17) is 9.88 Å². The van der Waals surface area contributed by atoms with E-state index in [9.17, 15) is 13.2 Å². The van der Waals surface area contributed by atoms with Crippen LogP contribution in [0.25, 0.3) is 0 Å². The zero-order valence-corrected chi connectivity index (χ0v) is 11.1. The monoisotopic (exact) mass is 277 g/mol. The molecule has 1 rings (SSSR count). The van der Waals surface area contributed by atoms with Crippen molar-refractivity contribution in [3.63, 3.8) is 0 Å². The Kier molecular flexibility index (Phi) is 5.10. The number of thiophene rings is 1. The van der Waals surface area contributed by atoms with Crippen LogP contribution in [0.15, 0.2) is 16.3 Å². The summed E-state index contributed by atoms with van der Waals surface area (Å²) in [4.78, 5) is 11.5. The van der Waals surface area contributed by atoms with E-state index < -0.39 is 10.0 Å². The first-order valence-corrected chi connectivity index (χ1v) is 7.51. The van der Waals surface area contributed by atoms with Gasteiger partial charge in [0, 0.05) is 11.8 Å². The standard InChI is InChI=1S/C10H15NO4S2/c1-8(12)15-7-3-2-4-9-5-6-10(16-9)17(11,13)14/h5-6H,2-4,7H2,1H3,(H2,11,13,14). The molecular weight excluding hydrogens is 262 g/mol. The minimum atomic E-state index is -3.58. The van der Waals surface area contributed by atoms with E-state index in [-0.39, 0.29) is 10.2 Å². The fraction of sp³-hybridized carbons (Fsp3) is 0.500. The van der Waals surface area contributed by atoms with Gasteiger partial charge in [0.25, 0.3) is 0 Å². The number of carbonyl (C=O) groups is 1.